The quantitative estimate of drug-likeness (QED) is 0.427. The molecule has 10 heteroatoms. The van der Waals surface area contributed by atoms with E-state index in [0.29, 0.717) is 65.0 Å². The van der Waals surface area contributed by atoms with Crippen molar-refractivity contribution in [2.45, 2.75) is 44.7 Å². The molecule has 5 rings (SSSR count). The number of aldehydes is 1. The number of nitrogens with one attached hydrogen (secondary N) is 1. The number of aromatic amines is 1. The van der Waals surface area contributed by atoms with Crippen LogP contribution in [0.4, 0.5) is 23.4 Å². The maximum Gasteiger partial charge on any atom is 0.392 e. The summed E-state index contributed by atoms with van der Waals surface area (Å²) in [5.74, 6) is 0.0723. The van der Waals surface area contributed by atoms with Crippen molar-refractivity contribution in [2.75, 3.05) is 18.0 Å². The minimum Gasteiger partial charge on any atom is -0.355 e. The summed E-state index contributed by atoms with van der Waals surface area (Å²) in [6.45, 7) is 1.33. The SMILES string of the molecule is O=CC1CCN(c2ccc(C3=C(CC(F)(F)F)CCCc4c3ccc3n[nH]c(F)c43)nn2)CC1. The summed E-state index contributed by atoms with van der Waals surface area (Å²) in [6.07, 6.45) is -1.88. The fraction of sp³-hybridized carbons (Fsp3) is 0.417. The van der Waals surface area contributed by atoms with Crippen molar-refractivity contribution in [2.24, 2.45) is 5.92 Å². The molecular weight excluding hydrogens is 450 g/mol. The fourth-order valence-electron chi connectivity index (χ4n) is 5.06. The molecule has 0 amide bonds. The number of allylic oxidation sites excluding steroid dienone is 1. The lowest BCUT2D eigenvalue weighted by atomic mass is 9.91. The van der Waals surface area contributed by atoms with Crippen LogP contribution < -0.4 is 4.90 Å². The van der Waals surface area contributed by atoms with Gasteiger partial charge in [0.15, 0.2) is 5.82 Å². The molecule has 1 aliphatic heterocycles. The zero-order valence-corrected chi connectivity index (χ0v) is 18.3. The van der Waals surface area contributed by atoms with Gasteiger partial charge in [0, 0.05) is 24.6 Å². The van der Waals surface area contributed by atoms with E-state index >= 15 is 0 Å². The maximum absolute atomic E-state index is 14.5. The Hall–Kier alpha value is -3.30. The van der Waals surface area contributed by atoms with Gasteiger partial charge in [-0.25, -0.2) is 0 Å². The number of carbonyl (C=O) groups excluding carboxylic acids is 1. The Kier molecular flexibility index (Phi) is 5.83. The van der Waals surface area contributed by atoms with Crippen molar-refractivity contribution < 1.29 is 22.4 Å². The van der Waals surface area contributed by atoms with Gasteiger partial charge in [-0.3, -0.25) is 5.10 Å². The van der Waals surface area contributed by atoms with Gasteiger partial charge in [0.1, 0.15) is 6.29 Å². The fourth-order valence-corrected chi connectivity index (χ4v) is 5.06. The maximum atomic E-state index is 14.5. The minimum atomic E-state index is -4.38. The first-order chi connectivity index (χ1) is 16.3. The van der Waals surface area contributed by atoms with Crippen LogP contribution in [0, 0.1) is 11.9 Å². The van der Waals surface area contributed by atoms with Gasteiger partial charge in [-0.2, -0.15) is 22.7 Å². The van der Waals surface area contributed by atoms with Crippen LogP contribution in [0.15, 0.2) is 29.8 Å². The molecule has 3 heterocycles. The van der Waals surface area contributed by atoms with E-state index in [1.165, 1.54) is 0 Å². The van der Waals surface area contributed by atoms with Crippen molar-refractivity contribution in [3.63, 3.8) is 0 Å². The first-order valence-corrected chi connectivity index (χ1v) is 11.3. The van der Waals surface area contributed by atoms with Crippen LogP contribution in [0.2, 0.25) is 0 Å². The summed E-state index contributed by atoms with van der Waals surface area (Å²) < 4.78 is 55.0. The van der Waals surface area contributed by atoms with E-state index in [4.69, 9.17) is 0 Å². The lowest BCUT2D eigenvalue weighted by molar-refractivity contribution is -0.127. The lowest BCUT2D eigenvalue weighted by Gasteiger charge is -2.30. The Morgan fingerprint density at radius 1 is 1.09 bits per heavy atom. The predicted molar refractivity (Wildman–Crippen MR) is 119 cm³/mol. The van der Waals surface area contributed by atoms with Crippen molar-refractivity contribution >= 4 is 28.6 Å². The highest BCUT2D eigenvalue weighted by molar-refractivity contribution is 5.92. The van der Waals surface area contributed by atoms with E-state index in [0.717, 1.165) is 19.1 Å². The average Bonchev–Trinajstić information content (AvgIpc) is 3.11. The molecule has 2 aliphatic rings. The minimum absolute atomic E-state index is 0.0428. The van der Waals surface area contributed by atoms with E-state index in [9.17, 15) is 22.4 Å². The molecule has 0 atom stereocenters. The van der Waals surface area contributed by atoms with Crippen LogP contribution >= 0.6 is 0 Å². The first-order valence-electron chi connectivity index (χ1n) is 11.3. The molecule has 1 fully saturated rings. The van der Waals surface area contributed by atoms with Crippen molar-refractivity contribution in [1.82, 2.24) is 20.4 Å². The number of hydrogen-bond donors (Lipinski definition) is 1. The van der Waals surface area contributed by atoms with E-state index < -0.39 is 18.5 Å². The number of piperidine rings is 1. The number of rotatable bonds is 4. The number of anilines is 1. The molecule has 1 aromatic carbocycles. The number of carbonyl (C=O) groups is 1. The van der Waals surface area contributed by atoms with Crippen molar-refractivity contribution in [3.05, 3.63) is 52.6 Å². The summed E-state index contributed by atoms with van der Waals surface area (Å²) in [5, 5.41) is 15.2. The third kappa shape index (κ3) is 4.28. The Morgan fingerprint density at radius 3 is 2.56 bits per heavy atom. The van der Waals surface area contributed by atoms with Crippen molar-refractivity contribution in [1.29, 1.82) is 0 Å². The average molecular weight is 473 g/mol. The summed E-state index contributed by atoms with van der Waals surface area (Å²) in [5.41, 5.74) is 2.54. The van der Waals surface area contributed by atoms with Crippen LogP contribution in [0.5, 0.6) is 0 Å². The van der Waals surface area contributed by atoms with Gasteiger partial charge >= 0.3 is 6.18 Å². The van der Waals surface area contributed by atoms with Crippen LogP contribution in [-0.2, 0) is 11.2 Å². The Balaban J connectivity index is 1.58. The largest absolute Gasteiger partial charge is 0.392 e. The molecular formula is C24H23F4N5O. The Labute approximate surface area is 193 Å². The summed E-state index contributed by atoms with van der Waals surface area (Å²) in [6, 6.07) is 6.76. The second-order valence-corrected chi connectivity index (χ2v) is 8.88. The lowest BCUT2D eigenvalue weighted by Crippen LogP contribution is -2.34. The number of alkyl halides is 3. The molecule has 1 saturated heterocycles. The molecule has 6 nitrogen and oxygen atoms in total. The van der Waals surface area contributed by atoms with Crippen LogP contribution in [0.3, 0.4) is 0 Å². The smallest absolute Gasteiger partial charge is 0.355 e. The Bertz CT molecular complexity index is 1240. The van der Waals surface area contributed by atoms with Crippen LogP contribution in [0.25, 0.3) is 16.5 Å². The van der Waals surface area contributed by atoms with Gasteiger partial charge in [0.2, 0.25) is 5.95 Å². The zero-order chi connectivity index (χ0) is 23.9. The zero-order valence-electron chi connectivity index (χ0n) is 18.3. The van der Waals surface area contributed by atoms with Gasteiger partial charge < -0.3 is 9.69 Å². The van der Waals surface area contributed by atoms with E-state index in [2.05, 4.69) is 20.4 Å². The standard InChI is InChI=1S/C24H23F4N5O/c25-23-22-16-3-1-2-15(12-24(26,27)28)21(17(16)4-5-19(22)30-32-23)18-6-7-20(31-29-18)33-10-8-14(13-34)9-11-33/h4-7,13-14H,1-3,8-12H2,(H,30,32). The van der Waals surface area contributed by atoms with Crippen LogP contribution in [-0.4, -0.2) is 45.9 Å². The highest BCUT2D eigenvalue weighted by atomic mass is 19.4. The summed E-state index contributed by atoms with van der Waals surface area (Å²) >= 11 is 0. The molecule has 0 bridgehead atoms. The molecule has 0 unspecified atom stereocenters. The first kappa shape index (κ1) is 22.5. The number of aromatic nitrogens is 4. The number of hydrogen-bond acceptors (Lipinski definition) is 5. The van der Waals surface area contributed by atoms with Crippen molar-refractivity contribution in [3.8, 4) is 0 Å². The molecule has 1 N–H and O–H groups in total. The van der Waals surface area contributed by atoms with E-state index in [1.807, 2.05) is 4.90 Å². The Morgan fingerprint density at radius 2 is 1.88 bits per heavy atom. The molecule has 178 valence electrons. The third-order valence-corrected chi connectivity index (χ3v) is 6.69. The number of benzene rings is 1. The molecule has 2 aromatic heterocycles. The highest BCUT2D eigenvalue weighted by Crippen LogP contribution is 2.41. The molecule has 0 spiro atoms. The molecule has 34 heavy (non-hydrogen) atoms. The normalized spacial score (nSPS) is 17.7. The number of H-pyrrole nitrogens is 1. The molecule has 3 aromatic rings. The van der Waals surface area contributed by atoms with E-state index in [1.54, 1.807) is 24.3 Å². The molecule has 0 saturated carbocycles. The topological polar surface area (TPSA) is 74.8 Å². The second-order valence-electron chi connectivity index (χ2n) is 8.88. The molecule has 0 radical (unpaired) electrons. The van der Waals surface area contributed by atoms with Crippen LogP contribution in [0.1, 0.15) is 48.9 Å². The van der Waals surface area contributed by atoms with Gasteiger partial charge in [-0.15, -0.1) is 10.2 Å². The van der Waals surface area contributed by atoms with Gasteiger partial charge in [0.25, 0.3) is 0 Å². The predicted octanol–water partition coefficient (Wildman–Crippen LogP) is 5.00. The number of halogens is 4. The van der Waals surface area contributed by atoms with Gasteiger partial charge in [-0.05, 0) is 61.4 Å². The van der Waals surface area contributed by atoms with E-state index in [-0.39, 0.29) is 17.9 Å². The second kappa shape index (κ2) is 8.81. The monoisotopic (exact) mass is 473 g/mol. The van der Waals surface area contributed by atoms with Gasteiger partial charge in [-0.1, -0.05) is 11.6 Å². The summed E-state index contributed by atoms with van der Waals surface area (Å²) in [4.78, 5) is 13.0. The van der Waals surface area contributed by atoms with Gasteiger partial charge in [0.05, 0.1) is 23.0 Å². The number of nitrogens with zero attached hydrogens (tertiary/aromatic N) is 4. The summed E-state index contributed by atoms with van der Waals surface area (Å²) in [7, 11) is 0. The molecule has 1 aliphatic carbocycles. The third-order valence-electron chi connectivity index (χ3n) is 6.69. The highest BCUT2D eigenvalue weighted by Gasteiger charge is 2.33. The number of fused-ring (bicyclic) bond motifs is 3. The number of aryl methyl sites for hydroxylation is 1.